The Morgan fingerprint density at radius 1 is 0.596 bits per heavy atom. The Balaban J connectivity index is 0.000000213. The van der Waals surface area contributed by atoms with E-state index in [1.54, 1.807) is 0 Å². The molecule has 0 radical (unpaired) electrons. The number of nitrogens with zero attached hydrogens (tertiary/aromatic N) is 9. The van der Waals surface area contributed by atoms with E-state index >= 15 is 0 Å². The predicted octanol–water partition coefficient (Wildman–Crippen LogP) is -5.07. The van der Waals surface area contributed by atoms with Crippen molar-refractivity contribution in [2.45, 2.75) is 12.8 Å². The van der Waals surface area contributed by atoms with Crippen LogP contribution in [0.3, 0.4) is 0 Å². The van der Waals surface area contributed by atoms with Crippen molar-refractivity contribution in [1.82, 2.24) is 51.1 Å². The third-order valence-corrected chi connectivity index (χ3v) is 8.75. The van der Waals surface area contributed by atoms with Crippen LogP contribution in [0, 0.1) is 5.41 Å². The standard InChI is InChI=1S/C13H25N7.C10H21N7.C9H22N6/c1-11(14)16-4-9-20-10-6-18-13(20)17-5-8-19-7-2-3-12(19)15;11-1-5-17-8-4-15-10(17)14-3-7-16-6-2-13-9(16)12;10-1-3-12-4-5-13-9-14-6-8-15(9)7-2-11/h15-16H,1-10,14H2,(H,17,18);1-8,11H2,(H2,12,13)(H,14,15);12H,1-8,10-11H2,(H,13,14). The summed E-state index contributed by atoms with van der Waals surface area (Å²) in [5.41, 5.74) is 27.7. The number of guanidine groups is 4. The van der Waals surface area contributed by atoms with Gasteiger partial charge in [0.1, 0.15) is 0 Å². The maximum atomic E-state index is 7.79. The number of likely N-dealkylation sites (tertiary alicyclic amines) is 1. The van der Waals surface area contributed by atoms with Gasteiger partial charge in [-0.3, -0.25) is 25.4 Å². The molecule has 0 aromatic carbocycles. The van der Waals surface area contributed by atoms with E-state index in [2.05, 4.69) is 77.6 Å². The zero-order valence-corrected chi connectivity index (χ0v) is 31.3. The largest absolute Gasteiger partial charge is 0.386 e. The van der Waals surface area contributed by atoms with E-state index in [0.717, 1.165) is 167 Å². The van der Waals surface area contributed by atoms with Gasteiger partial charge in [-0.2, -0.15) is 0 Å². The van der Waals surface area contributed by atoms with Crippen molar-refractivity contribution in [3.05, 3.63) is 12.4 Å². The molecular formula is C32H68N20. The molecule has 0 spiro atoms. The molecule has 0 aliphatic carbocycles. The second kappa shape index (κ2) is 24.8. The number of nitrogens with one attached hydrogen (secondary N) is 6. The van der Waals surface area contributed by atoms with Crippen LogP contribution in [0.4, 0.5) is 0 Å². The lowest BCUT2D eigenvalue weighted by Crippen LogP contribution is -2.45. The van der Waals surface area contributed by atoms with E-state index < -0.39 is 0 Å². The van der Waals surface area contributed by atoms with Crippen molar-refractivity contribution >= 4 is 29.7 Å². The first kappa shape index (κ1) is 42.1. The fraction of sp³-hybridized carbons (Fsp3) is 0.781. The van der Waals surface area contributed by atoms with Crippen LogP contribution in [0.2, 0.25) is 0 Å². The van der Waals surface area contributed by atoms with E-state index in [1.165, 1.54) is 0 Å². The molecule has 5 aliphatic rings. The SMILES string of the molecule is C=C(N)NCCN1CCN=C1NCCN1CCCC1=N.NCCN1CCN=C1NCCN1CCN=C1N.NCCNCCNC1=NCCN1CCN. The van der Waals surface area contributed by atoms with Crippen LogP contribution in [0.5, 0.6) is 0 Å². The average Bonchev–Trinajstić information content (AvgIpc) is 3.98. The molecule has 0 aromatic heterocycles. The molecule has 0 unspecified atom stereocenters. The Bertz CT molecular complexity index is 1170. The summed E-state index contributed by atoms with van der Waals surface area (Å²) in [5.74, 6) is 4.82. The second-order valence-electron chi connectivity index (χ2n) is 12.7. The van der Waals surface area contributed by atoms with Crippen molar-refractivity contribution < 1.29 is 0 Å². The average molecular weight is 733 g/mol. The van der Waals surface area contributed by atoms with E-state index in [1.807, 2.05) is 0 Å². The Kier molecular flexibility index (Phi) is 20.1. The lowest BCUT2D eigenvalue weighted by atomic mass is 10.4. The summed E-state index contributed by atoms with van der Waals surface area (Å²) in [4.78, 5) is 28.2. The van der Waals surface area contributed by atoms with Crippen molar-refractivity contribution in [3.63, 3.8) is 0 Å². The summed E-state index contributed by atoms with van der Waals surface area (Å²) in [7, 11) is 0. The van der Waals surface area contributed by atoms with Gasteiger partial charge in [-0.05, 0) is 6.42 Å². The molecule has 0 bridgehead atoms. The third kappa shape index (κ3) is 15.5. The number of hydrogen-bond donors (Lipinski definition) is 11. The lowest BCUT2D eigenvalue weighted by molar-refractivity contribution is 0.423. The molecule has 0 atom stereocenters. The van der Waals surface area contributed by atoms with Crippen molar-refractivity contribution in [2.24, 2.45) is 48.6 Å². The van der Waals surface area contributed by atoms with Gasteiger partial charge in [-0.15, -0.1) is 0 Å². The highest BCUT2D eigenvalue weighted by atomic mass is 15.4. The van der Waals surface area contributed by atoms with Crippen LogP contribution < -0.4 is 55.3 Å². The minimum Gasteiger partial charge on any atom is -0.386 e. The summed E-state index contributed by atoms with van der Waals surface area (Å²) >= 11 is 0. The summed E-state index contributed by atoms with van der Waals surface area (Å²) in [6, 6.07) is 0. The van der Waals surface area contributed by atoms with Crippen molar-refractivity contribution in [3.8, 4) is 0 Å². The number of nitrogens with two attached hydrogens (primary N) is 5. The maximum absolute atomic E-state index is 7.79. The number of amidine groups is 1. The van der Waals surface area contributed by atoms with Gasteiger partial charge >= 0.3 is 0 Å². The van der Waals surface area contributed by atoms with Crippen molar-refractivity contribution in [1.29, 1.82) is 5.41 Å². The smallest absolute Gasteiger partial charge is 0.194 e. The molecule has 20 nitrogen and oxygen atoms in total. The lowest BCUT2D eigenvalue weighted by Gasteiger charge is -2.23. The van der Waals surface area contributed by atoms with Crippen LogP contribution in [0.25, 0.3) is 0 Å². The fourth-order valence-corrected chi connectivity index (χ4v) is 6.07. The van der Waals surface area contributed by atoms with E-state index in [0.29, 0.717) is 31.4 Å². The molecule has 1 saturated heterocycles. The van der Waals surface area contributed by atoms with Gasteiger partial charge in [0.2, 0.25) is 0 Å². The summed E-state index contributed by atoms with van der Waals surface area (Å²) in [5, 5.41) is 24.0. The maximum Gasteiger partial charge on any atom is 0.194 e. The van der Waals surface area contributed by atoms with Gasteiger partial charge < -0.3 is 79.8 Å². The molecule has 0 saturated carbocycles. The van der Waals surface area contributed by atoms with Gasteiger partial charge in [0.15, 0.2) is 23.8 Å². The monoisotopic (exact) mass is 733 g/mol. The Morgan fingerprint density at radius 3 is 1.58 bits per heavy atom. The molecule has 16 N–H and O–H groups in total. The van der Waals surface area contributed by atoms with Crippen LogP contribution >= 0.6 is 0 Å². The topological polar surface area (TPSA) is 280 Å². The molecule has 5 aliphatic heterocycles. The predicted molar refractivity (Wildman–Crippen MR) is 214 cm³/mol. The van der Waals surface area contributed by atoms with Gasteiger partial charge in [-0.1, -0.05) is 6.58 Å². The highest BCUT2D eigenvalue weighted by Gasteiger charge is 2.20. The first-order valence-corrected chi connectivity index (χ1v) is 18.8. The normalized spacial score (nSPS) is 18.0. The van der Waals surface area contributed by atoms with Gasteiger partial charge in [0, 0.05) is 131 Å². The molecule has 296 valence electrons. The number of aliphatic imine (C=N–C) groups is 4. The van der Waals surface area contributed by atoms with Gasteiger partial charge in [-0.25, -0.2) is 0 Å². The van der Waals surface area contributed by atoms with Crippen LogP contribution in [0.15, 0.2) is 32.4 Å². The Hall–Kier alpha value is -4.27. The quantitative estimate of drug-likeness (QED) is 0.0555. The summed E-state index contributed by atoms with van der Waals surface area (Å²) in [6.07, 6.45) is 2.03. The zero-order chi connectivity index (χ0) is 37.4. The Morgan fingerprint density at radius 2 is 1.10 bits per heavy atom. The number of hydrogen-bond acceptors (Lipinski definition) is 19. The minimum atomic E-state index is 0.503. The van der Waals surface area contributed by atoms with Crippen molar-refractivity contribution in [2.75, 3.05) is 151 Å². The highest BCUT2D eigenvalue weighted by molar-refractivity contribution is 5.83. The molecule has 0 aromatic rings. The fourth-order valence-electron chi connectivity index (χ4n) is 6.07. The first-order chi connectivity index (χ1) is 25.4. The molecular weight excluding hydrogens is 664 g/mol. The first-order valence-electron chi connectivity index (χ1n) is 18.8. The molecule has 52 heavy (non-hydrogen) atoms. The van der Waals surface area contributed by atoms with Gasteiger partial charge in [0.05, 0.1) is 37.8 Å². The Labute approximate surface area is 310 Å². The van der Waals surface area contributed by atoms with E-state index in [-0.39, 0.29) is 0 Å². The minimum absolute atomic E-state index is 0.503. The molecule has 20 heteroatoms. The highest BCUT2D eigenvalue weighted by Crippen LogP contribution is 2.08. The van der Waals surface area contributed by atoms with Crippen LogP contribution in [-0.2, 0) is 0 Å². The van der Waals surface area contributed by atoms with E-state index in [9.17, 15) is 0 Å². The molecule has 0 amide bonds. The third-order valence-electron chi connectivity index (χ3n) is 8.75. The molecule has 5 rings (SSSR count). The summed E-state index contributed by atoms with van der Waals surface area (Å²) < 4.78 is 0. The molecule has 5 heterocycles. The second-order valence-corrected chi connectivity index (χ2v) is 12.7. The molecule has 1 fully saturated rings. The van der Waals surface area contributed by atoms with E-state index in [4.69, 9.17) is 34.1 Å². The van der Waals surface area contributed by atoms with Crippen LogP contribution in [0.1, 0.15) is 12.8 Å². The van der Waals surface area contributed by atoms with Crippen LogP contribution in [-0.4, -0.2) is 205 Å². The van der Waals surface area contributed by atoms with Gasteiger partial charge in [0.25, 0.3) is 0 Å². The zero-order valence-electron chi connectivity index (χ0n) is 31.3. The number of rotatable bonds is 19. The summed E-state index contributed by atoms with van der Waals surface area (Å²) in [6.45, 7) is 23.3.